The minimum Gasteiger partial charge on any atom is -0.318 e. The van der Waals surface area contributed by atoms with Gasteiger partial charge in [-0.3, -0.25) is 15.0 Å². The monoisotopic (exact) mass is 337 g/mol. The van der Waals surface area contributed by atoms with E-state index in [1.807, 2.05) is 26.0 Å². The standard InChI is InChI=1S/C19H19N3O3/c1-12-8-7-11-15(13(12)2)16(23)21-22-17(24)19(3,20-18(22)25)14-9-5-4-6-10-14/h4-11H,1-3H3,(H,20,25)(H,21,23). The average molecular weight is 337 g/mol. The Labute approximate surface area is 145 Å². The predicted octanol–water partition coefficient (Wildman–Crippen LogP) is 2.42. The van der Waals surface area contributed by atoms with Gasteiger partial charge in [0.1, 0.15) is 5.54 Å². The molecule has 1 fully saturated rings. The lowest BCUT2D eigenvalue weighted by Crippen LogP contribution is -2.48. The van der Waals surface area contributed by atoms with Gasteiger partial charge in [-0.05, 0) is 43.5 Å². The van der Waals surface area contributed by atoms with Crippen molar-refractivity contribution in [3.05, 3.63) is 70.8 Å². The molecule has 1 saturated heterocycles. The smallest absolute Gasteiger partial charge is 0.318 e. The van der Waals surface area contributed by atoms with E-state index in [-0.39, 0.29) is 0 Å². The molecule has 1 atom stereocenters. The zero-order valence-electron chi connectivity index (χ0n) is 14.3. The van der Waals surface area contributed by atoms with Crippen molar-refractivity contribution in [3.63, 3.8) is 0 Å². The number of carbonyl (C=O) groups excluding carboxylic acids is 3. The Kier molecular flexibility index (Phi) is 4.04. The molecule has 128 valence electrons. The molecule has 0 aliphatic carbocycles. The summed E-state index contributed by atoms with van der Waals surface area (Å²) in [6.07, 6.45) is 0. The van der Waals surface area contributed by atoms with Crippen LogP contribution in [0.25, 0.3) is 0 Å². The number of hydrogen-bond donors (Lipinski definition) is 2. The fraction of sp³-hybridized carbons (Fsp3) is 0.211. The van der Waals surface area contributed by atoms with Gasteiger partial charge in [-0.25, -0.2) is 4.79 Å². The Morgan fingerprint density at radius 2 is 1.72 bits per heavy atom. The highest BCUT2D eigenvalue weighted by molar-refractivity contribution is 6.09. The third-order valence-corrected chi connectivity index (χ3v) is 4.60. The van der Waals surface area contributed by atoms with Gasteiger partial charge < -0.3 is 5.32 Å². The Bertz CT molecular complexity index is 863. The first-order valence-electron chi connectivity index (χ1n) is 7.94. The predicted molar refractivity (Wildman–Crippen MR) is 92.6 cm³/mol. The number of benzene rings is 2. The van der Waals surface area contributed by atoms with Gasteiger partial charge >= 0.3 is 6.03 Å². The van der Waals surface area contributed by atoms with Crippen molar-refractivity contribution >= 4 is 17.8 Å². The lowest BCUT2D eigenvalue weighted by molar-refractivity contribution is -0.132. The highest BCUT2D eigenvalue weighted by Gasteiger charge is 2.50. The molecule has 4 amide bonds. The summed E-state index contributed by atoms with van der Waals surface area (Å²) in [6, 6.07) is 13.6. The summed E-state index contributed by atoms with van der Waals surface area (Å²) in [5, 5.41) is 3.40. The molecular weight excluding hydrogens is 318 g/mol. The maximum Gasteiger partial charge on any atom is 0.344 e. The van der Waals surface area contributed by atoms with E-state index in [0.717, 1.165) is 16.1 Å². The number of nitrogens with one attached hydrogen (secondary N) is 2. The van der Waals surface area contributed by atoms with Gasteiger partial charge in [0.2, 0.25) is 0 Å². The maximum atomic E-state index is 12.8. The van der Waals surface area contributed by atoms with Crippen molar-refractivity contribution in [2.24, 2.45) is 0 Å². The van der Waals surface area contributed by atoms with E-state index in [1.54, 1.807) is 43.3 Å². The van der Waals surface area contributed by atoms with Crippen LogP contribution in [0.2, 0.25) is 0 Å². The van der Waals surface area contributed by atoms with Crippen LogP contribution in [0, 0.1) is 13.8 Å². The van der Waals surface area contributed by atoms with E-state index in [9.17, 15) is 14.4 Å². The highest BCUT2D eigenvalue weighted by Crippen LogP contribution is 2.27. The van der Waals surface area contributed by atoms with Crippen molar-refractivity contribution in [3.8, 4) is 0 Å². The minimum atomic E-state index is -1.22. The van der Waals surface area contributed by atoms with Crippen LogP contribution < -0.4 is 10.7 Å². The summed E-state index contributed by atoms with van der Waals surface area (Å²) in [6.45, 7) is 5.34. The first-order valence-corrected chi connectivity index (χ1v) is 7.94. The molecule has 6 nitrogen and oxygen atoms in total. The second kappa shape index (κ2) is 6.05. The maximum absolute atomic E-state index is 12.8. The molecule has 2 N–H and O–H groups in total. The zero-order chi connectivity index (χ0) is 18.2. The molecule has 2 aromatic carbocycles. The Balaban J connectivity index is 1.86. The van der Waals surface area contributed by atoms with Crippen LogP contribution in [0.1, 0.15) is 34.0 Å². The summed E-state index contributed by atoms with van der Waals surface area (Å²) in [7, 11) is 0. The van der Waals surface area contributed by atoms with Gasteiger partial charge in [0.25, 0.3) is 11.8 Å². The number of amides is 4. The normalized spacial score (nSPS) is 19.7. The molecule has 1 heterocycles. The number of nitrogens with zero attached hydrogens (tertiary/aromatic N) is 1. The van der Waals surface area contributed by atoms with Crippen LogP contribution in [0.5, 0.6) is 0 Å². The first-order chi connectivity index (χ1) is 11.8. The van der Waals surface area contributed by atoms with Crippen molar-refractivity contribution in [1.29, 1.82) is 0 Å². The molecule has 6 heteroatoms. The third-order valence-electron chi connectivity index (χ3n) is 4.60. The summed E-state index contributed by atoms with van der Waals surface area (Å²) >= 11 is 0. The molecule has 0 spiro atoms. The molecule has 0 radical (unpaired) electrons. The largest absolute Gasteiger partial charge is 0.344 e. The fourth-order valence-electron chi connectivity index (χ4n) is 2.87. The number of hydrazine groups is 1. The van der Waals surface area contributed by atoms with Gasteiger partial charge in [-0.1, -0.05) is 42.5 Å². The molecule has 25 heavy (non-hydrogen) atoms. The summed E-state index contributed by atoms with van der Waals surface area (Å²) in [5.41, 5.74) is 4.04. The molecule has 0 saturated carbocycles. The third kappa shape index (κ3) is 2.76. The lowest BCUT2D eigenvalue weighted by Gasteiger charge is -2.22. The SMILES string of the molecule is Cc1cccc(C(=O)NN2C(=O)NC(C)(c3ccccc3)C2=O)c1C. The van der Waals surface area contributed by atoms with E-state index < -0.39 is 23.4 Å². The highest BCUT2D eigenvalue weighted by atomic mass is 16.2. The van der Waals surface area contributed by atoms with Crippen molar-refractivity contribution in [2.75, 3.05) is 0 Å². The first kappa shape index (κ1) is 16.7. The fourth-order valence-corrected chi connectivity index (χ4v) is 2.87. The number of hydrogen-bond acceptors (Lipinski definition) is 3. The molecule has 3 rings (SSSR count). The molecular formula is C19H19N3O3. The van der Waals surface area contributed by atoms with E-state index in [4.69, 9.17) is 0 Å². The van der Waals surface area contributed by atoms with Crippen molar-refractivity contribution in [2.45, 2.75) is 26.3 Å². The molecule has 1 aliphatic rings. The molecule has 0 aromatic heterocycles. The average Bonchev–Trinajstić information content (AvgIpc) is 2.82. The number of carbonyl (C=O) groups is 3. The second-order valence-electron chi connectivity index (χ2n) is 6.25. The van der Waals surface area contributed by atoms with Crippen molar-refractivity contribution in [1.82, 2.24) is 15.8 Å². The molecule has 1 unspecified atom stereocenters. The van der Waals surface area contributed by atoms with Gasteiger partial charge in [-0.15, -0.1) is 0 Å². The number of aryl methyl sites for hydroxylation is 1. The van der Waals surface area contributed by atoms with Crippen LogP contribution in [0.3, 0.4) is 0 Å². The quantitative estimate of drug-likeness (QED) is 0.844. The van der Waals surface area contributed by atoms with Crippen LogP contribution in [-0.4, -0.2) is 22.9 Å². The molecule has 2 aromatic rings. The molecule has 0 bridgehead atoms. The van der Waals surface area contributed by atoms with Gasteiger partial charge in [0, 0.05) is 5.56 Å². The van der Waals surface area contributed by atoms with E-state index in [1.165, 1.54) is 0 Å². The summed E-state index contributed by atoms with van der Waals surface area (Å²) in [4.78, 5) is 37.6. The van der Waals surface area contributed by atoms with Crippen LogP contribution in [0.15, 0.2) is 48.5 Å². The Morgan fingerprint density at radius 3 is 2.40 bits per heavy atom. The Hall–Kier alpha value is -3.15. The number of urea groups is 1. The van der Waals surface area contributed by atoms with Crippen LogP contribution >= 0.6 is 0 Å². The number of imide groups is 1. The van der Waals surface area contributed by atoms with E-state index in [2.05, 4.69) is 10.7 Å². The second-order valence-corrected chi connectivity index (χ2v) is 6.25. The van der Waals surface area contributed by atoms with Gasteiger partial charge in [0.05, 0.1) is 0 Å². The van der Waals surface area contributed by atoms with Crippen LogP contribution in [0.4, 0.5) is 4.79 Å². The molecule has 1 aliphatic heterocycles. The summed E-state index contributed by atoms with van der Waals surface area (Å²) in [5.74, 6) is -1.02. The topological polar surface area (TPSA) is 78.5 Å². The Morgan fingerprint density at radius 1 is 1.04 bits per heavy atom. The van der Waals surface area contributed by atoms with Gasteiger partial charge in [0.15, 0.2) is 0 Å². The zero-order valence-corrected chi connectivity index (χ0v) is 14.3. The lowest BCUT2D eigenvalue weighted by atomic mass is 9.92. The van der Waals surface area contributed by atoms with Crippen molar-refractivity contribution < 1.29 is 14.4 Å². The minimum absolute atomic E-state index is 0.425. The summed E-state index contributed by atoms with van der Waals surface area (Å²) < 4.78 is 0. The van der Waals surface area contributed by atoms with Crippen LogP contribution in [-0.2, 0) is 10.3 Å². The number of rotatable bonds is 3. The van der Waals surface area contributed by atoms with E-state index >= 15 is 0 Å². The van der Waals surface area contributed by atoms with Gasteiger partial charge in [-0.2, -0.15) is 5.01 Å². The van der Waals surface area contributed by atoms with E-state index in [0.29, 0.717) is 11.1 Å².